The smallest absolute Gasteiger partial charge is 0.121 e. The first-order valence-corrected chi connectivity index (χ1v) is 7.04. The molecule has 5 nitrogen and oxygen atoms in total. The zero-order chi connectivity index (χ0) is 13.6. The van der Waals surface area contributed by atoms with Crippen LogP contribution in [0.1, 0.15) is 6.42 Å². The fourth-order valence-electron chi connectivity index (χ4n) is 2.35. The summed E-state index contributed by atoms with van der Waals surface area (Å²) in [6, 6.07) is 5.93. The van der Waals surface area contributed by atoms with E-state index in [1.165, 1.54) is 0 Å². The summed E-state index contributed by atoms with van der Waals surface area (Å²) in [5.41, 5.74) is 0.922. The fraction of sp³-hybridized carbons (Fsp3) is 0.467. The highest BCUT2D eigenvalue weighted by atomic mass is 16.5. The van der Waals surface area contributed by atoms with Crippen LogP contribution in [0.4, 0.5) is 0 Å². The summed E-state index contributed by atoms with van der Waals surface area (Å²) in [7, 11) is 0. The van der Waals surface area contributed by atoms with E-state index in [0.29, 0.717) is 0 Å². The van der Waals surface area contributed by atoms with E-state index in [9.17, 15) is 0 Å². The van der Waals surface area contributed by atoms with Gasteiger partial charge in [-0.15, -0.1) is 0 Å². The molecule has 1 aromatic heterocycles. The summed E-state index contributed by atoms with van der Waals surface area (Å²) < 4.78 is 11.1. The molecule has 1 saturated heterocycles. The van der Waals surface area contributed by atoms with Crippen LogP contribution in [0.15, 0.2) is 30.7 Å². The Balaban J connectivity index is 1.47. The predicted molar refractivity (Wildman–Crippen MR) is 76.9 cm³/mol. The van der Waals surface area contributed by atoms with Crippen LogP contribution in [-0.2, 0) is 4.74 Å². The van der Waals surface area contributed by atoms with E-state index in [-0.39, 0.29) is 0 Å². The summed E-state index contributed by atoms with van der Waals surface area (Å²) in [5.74, 6) is 0.873. The fourth-order valence-corrected chi connectivity index (χ4v) is 2.35. The molecule has 0 N–H and O–H groups in total. The van der Waals surface area contributed by atoms with Crippen molar-refractivity contribution in [2.45, 2.75) is 6.42 Å². The minimum absolute atomic E-state index is 0.730. The standard InChI is InChI=1S/C15H19N3O2/c1(4-18-5-8-19-9-6-18)7-20-14-3-2-13-11-16-12-17-15(13)10-14/h2-3,10-12H,1,4-9H2. The number of morpholine rings is 1. The van der Waals surface area contributed by atoms with Crippen molar-refractivity contribution in [3.63, 3.8) is 0 Å². The molecule has 2 aromatic rings. The van der Waals surface area contributed by atoms with E-state index in [2.05, 4.69) is 14.9 Å². The molecule has 0 amide bonds. The van der Waals surface area contributed by atoms with Crippen LogP contribution in [0.25, 0.3) is 10.9 Å². The molecule has 2 heterocycles. The van der Waals surface area contributed by atoms with Crippen LogP contribution in [0.3, 0.4) is 0 Å². The third-order valence-electron chi connectivity index (χ3n) is 3.47. The average Bonchev–Trinajstić information content (AvgIpc) is 2.52. The number of nitrogens with zero attached hydrogens (tertiary/aromatic N) is 3. The lowest BCUT2D eigenvalue weighted by molar-refractivity contribution is 0.0358. The van der Waals surface area contributed by atoms with Crippen molar-refractivity contribution >= 4 is 10.9 Å². The molecular weight excluding hydrogens is 254 g/mol. The SMILES string of the molecule is c1ncc2ccc(OCCCN3CCOCC3)cc2n1. The number of fused-ring (bicyclic) bond motifs is 1. The van der Waals surface area contributed by atoms with Gasteiger partial charge in [0.1, 0.15) is 12.1 Å². The van der Waals surface area contributed by atoms with Gasteiger partial charge in [-0.3, -0.25) is 4.90 Å². The summed E-state index contributed by atoms with van der Waals surface area (Å²) in [6.45, 7) is 5.57. The first-order valence-electron chi connectivity index (χ1n) is 7.04. The second-order valence-electron chi connectivity index (χ2n) is 4.90. The summed E-state index contributed by atoms with van der Waals surface area (Å²) in [4.78, 5) is 10.6. The van der Waals surface area contributed by atoms with Gasteiger partial charge < -0.3 is 9.47 Å². The monoisotopic (exact) mass is 273 g/mol. The Hall–Kier alpha value is -1.72. The zero-order valence-corrected chi connectivity index (χ0v) is 11.5. The molecule has 1 aliphatic heterocycles. The quantitative estimate of drug-likeness (QED) is 0.776. The summed E-state index contributed by atoms with van der Waals surface area (Å²) in [6.07, 6.45) is 4.40. The number of hydrogen-bond acceptors (Lipinski definition) is 5. The number of ether oxygens (including phenoxy) is 2. The van der Waals surface area contributed by atoms with Crippen molar-refractivity contribution in [2.24, 2.45) is 0 Å². The maximum absolute atomic E-state index is 5.79. The van der Waals surface area contributed by atoms with Gasteiger partial charge in [0.25, 0.3) is 0 Å². The van der Waals surface area contributed by atoms with Gasteiger partial charge in [-0.05, 0) is 18.6 Å². The number of rotatable bonds is 5. The number of aromatic nitrogens is 2. The van der Waals surface area contributed by atoms with Gasteiger partial charge >= 0.3 is 0 Å². The van der Waals surface area contributed by atoms with E-state index in [0.717, 1.165) is 62.5 Å². The largest absolute Gasteiger partial charge is 0.493 e. The van der Waals surface area contributed by atoms with Gasteiger partial charge in [0, 0.05) is 37.3 Å². The predicted octanol–water partition coefficient (Wildman–Crippen LogP) is 1.73. The van der Waals surface area contributed by atoms with Crippen LogP contribution in [0.2, 0.25) is 0 Å². The summed E-state index contributed by atoms with van der Waals surface area (Å²) >= 11 is 0. The molecule has 106 valence electrons. The van der Waals surface area contributed by atoms with Crippen LogP contribution >= 0.6 is 0 Å². The Labute approximate surface area is 118 Å². The third-order valence-corrected chi connectivity index (χ3v) is 3.47. The Morgan fingerprint density at radius 1 is 1.25 bits per heavy atom. The van der Waals surface area contributed by atoms with Gasteiger partial charge in [-0.25, -0.2) is 9.97 Å². The van der Waals surface area contributed by atoms with Gasteiger partial charge in [-0.2, -0.15) is 0 Å². The molecule has 0 aliphatic carbocycles. The minimum Gasteiger partial charge on any atom is -0.493 e. The molecule has 1 aliphatic rings. The van der Waals surface area contributed by atoms with Crippen molar-refractivity contribution in [2.75, 3.05) is 39.5 Å². The molecule has 0 bridgehead atoms. The topological polar surface area (TPSA) is 47.5 Å². The first-order chi connectivity index (χ1) is 9.92. The molecule has 0 atom stereocenters. The normalized spacial score (nSPS) is 16.4. The second kappa shape index (κ2) is 6.63. The highest BCUT2D eigenvalue weighted by Gasteiger charge is 2.09. The minimum atomic E-state index is 0.730. The van der Waals surface area contributed by atoms with E-state index >= 15 is 0 Å². The molecule has 0 radical (unpaired) electrons. The van der Waals surface area contributed by atoms with Crippen LogP contribution in [0.5, 0.6) is 5.75 Å². The van der Waals surface area contributed by atoms with Crippen molar-refractivity contribution < 1.29 is 9.47 Å². The Bertz CT molecular complexity index is 556. The molecule has 1 aromatic carbocycles. The van der Waals surface area contributed by atoms with E-state index in [1.807, 2.05) is 24.4 Å². The lowest BCUT2D eigenvalue weighted by Gasteiger charge is -2.26. The van der Waals surface area contributed by atoms with Gasteiger partial charge in [0.05, 0.1) is 25.3 Å². The molecule has 3 rings (SSSR count). The maximum Gasteiger partial charge on any atom is 0.121 e. The molecule has 0 spiro atoms. The first kappa shape index (κ1) is 13.3. The van der Waals surface area contributed by atoms with Crippen molar-refractivity contribution in [3.05, 3.63) is 30.7 Å². The van der Waals surface area contributed by atoms with E-state index in [4.69, 9.17) is 9.47 Å². The lowest BCUT2D eigenvalue weighted by Crippen LogP contribution is -2.37. The van der Waals surface area contributed by atoms with Gasteiger partial charge in [0.2, 0.25) is 0 Å². The lowest BCUT2D eigenvalue weighted by atomic mass is 10.2. The van der Waals surface area contributed by atoms with Crippen molar-refractivity contribution in [3.8, 4) is 5.75 Å². The molecule has 0 saturated carbocycles. The Morgan fingerprint density at radius 3 is 3.05 bits per heavy atom. The van der Waals surface area contributed by atoms with Crippen LogP contribution < -0.4 is 4.74 Å². The van der Waals surface area contributed by atoms with Crippen LogP contribution in [-0.4, -0.2) is 54.3 Å². The zero-order valence-electron chi connectivity index (χ0n) is 11.5. The van der Waals surface area contributed by atoms with Gasteiger partial charge in [-0.1, -0.05) is 0 Å². The number of benzene rings is 1. The Morgan fingerprint density at radius 2 is 2.15 bits per heavy atom. The summed E-state index contributed by atoms with van der Waals surface area (Å²) in [5, 5.41) is 1.04. The van der Waals surface area contributed by atoms with E-state index in [1.54, 1.807) is 6.33 Å². The second-order valence-corrected chi connectivity index (χ2v) is 4.90. The third kappa shape index (κ3) is 3.43. The highest BCUT2D eigenvalue weighted by molar-refractivity contribution is 5.78. The highest BCUT2D eigenvalue weighted by Crippen LogP contribution is 2.18. The average molecular weight is 273 g/mol. The van der Waals surface area contributed by atoms with E-state index < -0.39 is 0 Å². The molecule has 0 unspecified atom stereocenters. The molecule has 20 heavy (non-hydrogen) atoms. The van der Waals surface area contributed by atoms with Gasteiger partial charge in [0.15, 0.2) is 0 Å². The maximum atomic E-state index is 5.79. The van der Waals surface area contributed by atoms with Crippen LogP contribution in [0, 0.1) is 0 Å². The molecule has 1 fully saturated rings. The van der Waals surface area contributed by atoms with Crippen molar-refractivity contribution in [1.82, 2.24) is 14.9 Å². The molecule has 5 heteroatoms. The Kier molecular flexibility index (Phi) is 4.40. The molecular formula is C15H19N3O2. The number of hydrogen-bond donors (Lipinski definition) is 0. The van der Waals surface area contributed by atoms with Crippen molar-refractivity contribution in [1.29, 1.82) is 0 Å².